The lowest BCUT2D eigenvalue weighted by atomic mass is 9.81. The van der Waals surface area contributed by atoms with Gasteiger partial charge in [0.2, 0.25) is 5.91 Å². The fourth-order valence-corrected chi connectivity index (χ4v) is 4.35. The summed E-state index contributed by atoms with van der Waals surface area (Å²) < 4.78 is 3.41. The molecule has 1 saturated carbocycles. The molecule has 2 aromatic heterocycles. The number of imidazole rings is 1. The first-order chi connectivity index (χ1) is 13.9. The summed E-state index contributed by atoms with van der Waals surface area (Å²) in [6.45, 7) is 0.619. The predicted molar refractivity (Wildman–Crippen MR) is 114 cm³/mol. The van der Waals surface area contributed by atoms with Crippen molar-refractivity contribution in [1.29, 1.82) is 0 Å². The molecule has 1 fully saturated rings. The number of rotatable bonds is 4. The van der Waals surface area contributed by atoms with Crippen LogP contribution in [0.3, 0.4) is 0 Å². The Morgan fingerprint density at radius 2 is 1.97 bits per heavy atom. The number of pyridine rings is 1. The first kappa shape index (κ1) is 19.5. The molecule has 1 aromatic carbocycles. The summed E-state index contributed by atoms with van der Waals surface area (Å²) in [5.74, 6) is 0.703. The number of nitrogens with one attached hydrogen (secondary N) is 1. The van der Waals surface area contributed by atoms with Crippen LogP contribution in [0.5, 0.6) is 5.75 Å². The van der Waals surface area contributed by atoms with E-state index in [9.17, 15) is 9.59 Å². The Hall–Kier alpha value is -2.80. The quantitative estimate of drug-likeness (QED) is 0.523. The zero-order valence-corrected chi connectivity index (χ0v) is 16.9. The molecule has 0 aliphatic heterocycles. The van der Waals surface area contributed by atoms with E-state index in [0.29, 0.717) is 29.1 Å². The van der Waals surface area contributed by atoms with E-state index in [1.807, 2.05) is 6.07 Å². The average molecular weight is 416 g/mol. The number of hydrogen-bond acceptors (Lipinski definition) is 3. The zero-order chi connectivity index (χ0) is 20.5. The number of carbonyl (C=O) groups excluding carboxylic acids is 1. The van der Waals surface area contributed by atoms with Crippen LogP contribution in [0, 0.1) is 11.8 Å². The summed E-state index contributed by atoms with van der Waals surface area (Å²) in [6.07, 6.45) is 4.92. The lowest BCUT2D eigenvalue weighted by Crippen LogP contribution is -2.30. The molecule has 8 heteroatoms. The van der Waals surface area contributed by atoms with E-state index in [-0.39, 0.29) is 17.5 Å². The number of benzene rings is 1. The highest BCUT2D eigenvalue weighted by Crippen LogP contribution is 2.31. The highest BCUT2D eigenvalue weighted by molar-refractivity contribution is 6.29. The van der Waals surface area contributed by atoms with Gasteiger partial charge in [0.1, 0.15) is 5.15 Å². The molecule has 0 spiro atoms. The maximum Gasteiger partial charge on any atom is 0.328 e. The van der Waals surface area contributed by atoms with Crippen molar-refractivity contribution in [2.45, 2.75) is 32.2 Å². The monoisotopic (exact) mass is 415 g/mol. The zero-order valence-electron chi connectivity index (χ0n) is 16.2. The Kier molecular flexibility index (Phi) is 5.32. The molecule has 152 valence electrons. The van der Waals surface area contributed by atoms with Gasteiger partial charge < -0.3 is 10.4 Å². The van der Waals surface area contributed by atoms with E-state index in [4.69, 9.17) is 16.7 Å². The van der Waals surface area contributed by atoms with Gasteiger partial charge in [-0.3, -0.25) is 13.9 Å². The van der Waals surface area contributed by atoms with Crippen LogP contribution >= 0.6 is 11.6 Å². The summed E-state index contributed by atoms with van der Waals surface area (Å²) in [4.78, 5) is 29.1. The van der Waals surface area contributed by atoms with E-state index in [0.717, 1.165) is 36.7 Å². The minimum atomic E-state index is -0.0555. The van der Waals surface area contributed by atoms with E-state index in [1.54, 1.807) is 46.6 Å². The van der Waals surface area contributed by atoms with E-state index in [2.05, 4.69) is 10.3 Å². The van der Waals surface area contributed by atoms with Crippen molar-refractivity contribution < 1.29 is 9.90 Å². The molecule has 0 atom stereocenters. The van der Waals surface area contributed by atoms with Crippen molar-refractivity contribution >= 4 is 34.2 Å². The van der Waals surface area contributed by atoms with Crippen molar-refractivity contribution in [3.05, 3.63) is 52.2 Å². The fourth-order valence-electron chi connectivity index (χ4n) is 4.18. The minimum Gasteiger partial charge on any atom is -0.593 e. The molecule has 0 unspecified atom stereocenters. The third-order valence-corrected chi connectivity index (χ3v) is 6.00. The SMILES string of the molecule is Cn1c(=O)n(CC2CCC(C(=O)Nc3ccnc(Cl)c3)CC2)c2cc([OH2+])ccc21. The molecule has 1 aliphatic rings. The summed E-state index contributed by atoms with van der Waals surface area (Å²) in [5, 5.41) is 11.1. The molecule has 3 aromatic rings. The summed E-state index contributed by atoms with van der Waals surface area (Å²) >= 11 is 5.87. The van der Waals surface area contributed by atoms with E-state index >= 15 is 0 Å². The molecule has 1 amide bonds. The maximum atomic E-state index is 12.7. The minimum absolute atomic E-state index is 0.00638. The Morgan fingerprint density at radius 1 is 1.21 bits per heavy atom. The number of hydrogen-bond donors (Lipinski definition) is 1. The summed E-state index contributed by atoms with van der Waals surface area (Å²) in [7, 11) is 1.76. The van der Waals surface area contributed by atoms with Crippen LogP contribution in [-0.4, -0.2) is 25.1 Å². The number of anilines is 1. The Bertz CT molecular complexity index is 1110. The Labute approximate surface area is 172 Å². The van der Waals surface area contributed by atoms with Gasteiger partial charge in [-0.05, 0) is 49.8 Å². The third-order valence-electron chi connectivity index (χ3n) is 5.80. The fraction of sp³-hybridized carbons (Fsp3) is 0.381. The van der Waals surface area contributed by atoms with Crippen molar-refractivity contribution in [2.24, 2.45) is 18.9 Å². The standard InChI is InChI=1S/C21H23ClN4O3/c1-25-17-7-6-16(27)11-18(17)26(21(25)29)12-13-2-4-14(5-3-13)20(28)24-15-8-9-23-19(22)10-15/h6-11,13-14,27H,2-5,12H2,1H3,(H,23,24,28)/p+1. The molecule has 0 radical (unpaired) electrons. The number of aromatic nitrogens is 3. The number of fused-ring (bicyclic) bond motifs is 1. The van der Waals surface area contributed by atoms with Gasteiger partial charge >= 0.3 is 5.69 Å². The van der Waals surface area contributed by atoms with Crippen LogP contribution in [0.2, 0.25) is 5.15 Å². The van der Waals surface area contributed by atoms with Crippen molar-refractivity contribution in [2.75, 3.05) is 5.32 Å². The van der Waals surface area contributed by atoms with Gasteiger partial charge in [-0.15, -0.1) is 0 Å². The molecular weight excluding hydrogens is 392 g/mol. The lowest BCUT2D eigenvalue weighted by Gasteiger charge is -2.28. The number of amides is 1. The third kappa shape index (κ3) is 4.00. The summed E-state index contributed by atoms with van der Waals surface area (Å²) in [5.41, 5.74) is 2.25. The molecule has 2 heterocycles. The van der Waals surface area contributed by atoms with Gasteiger partial charge in [-0.1, -0.05) is 11.6 Å². The Morgan fingerprint density at radius 3 is 2.69 bits per heavy atom. The first-order valence-electron chi connectivity index (χ1n) is 9.75. The number of halogens is 1. The van der Waals surface area contributed by atoms with Gasteiger partial charge in [0.15, 0.2) is 0 Å². The van der Waals surface area contributed by atoms with Crippen molar-refractivity contribution in [3.63, 3.8) is 0 Å². The van der Waals surface area contributed by atoms with Gasteiger partial charge in [-0.2, -0.15) is 0 Å². The second-order valence-corrected chi connectivity index (χ2v) is 8.12. The van der Waals surface area contributed by atoms with Gasteiger partial charge in [0.05, 0.1) is 17.1 Å². The molecule has 29 heavy (non-hydrogen) atoms. The highest BCUT2D eigenvalue weighted by atomic mass is 35.5. The first-order valence-corrected chi connectivity index (χ1v) is 10.1. The Balaban J connectivity index is 1.41. The largest absolute Gasteiger partial charge is 0.593 e. The molecule has 0 bridgehead atoms. The topological polar surface area (TPSA) is 91.8 Å². The molecule has 7 nitrogen and oxygen atoms in total. The average Bonchev–Trinajstić information content (AvgIpc) is 2.93. The van der Waals surface area contributed by atoms with Crippen LogP contribution in [0.1, 0.15) is 25.7 Å². The second kappa shape index (κ2) is 7.91. The van der Waals surface area contributed by atoms with Crippen LogP contribution in [-0.2, 0) is 18.4 Å². The molecule has 1 aliphatic carbocycles. The van der Waals surface area contributed by atoms with Crippen LogP contribution in [0.25, 0.3) is 11.0 Å². The molecule has 4 rings (SSSR count). The number of carbonyl (C=O) groups is 1. The predicted octanol–water partition coefficient (Wildman–Crippen LogP) is 3.27. The second-order valence-electron chi connectivity index (χ2n) is 7.73. The molecular formula is C21H24ClN4O3+. The normalized spacial score (nSPS) is 19.4. The molecule has 3 N–H and O–H groups in total. The lowest BCUT2D eigenvalue weighted by molar-refractivity contribution is -0.121. The molecule has 0 saturated heterocycles. The van der Waals surface area contributed by atoms with Crippen LogP contribution in [0.4, 0.5) is 5.69 Å². The van der Waals surface area contributed by atoms with Gasteiger partial charge in [-0.25, -0.2) is 9.78 Å². The smallest absolute Gasteiger partial charge is 0.328 e. The maximum absolute atomic E-state index is 12.7. The number of nitrogens with zero attached hydrogens (tertiary/aromatic N) is 3. The van der Waals surface area contributed by atoms with Crippen molar-refractivity contribution in [3.8, 4) is 5.75 Å². The van der Waals surface area contributed by atoms with Crippen LogP contribution in [0.15, 0.2) is 41.3 Å². The van der Waals surface area contributed by atoms with Gasteiger partial charge in [0.25, 0.3) is 5.75 Å². The van der Waals surface area contributed by atoms with E-state index < -0.39 is 0 Å². The highest BCUT2D eigenvalue weighted by Gasteiger charge is 2.27. The number of aryl methyl sites for hydroxylation is 1. The van der Waals surface area contributed by atoms with E-state index in [1.165, 1.54) is 0 Å². The van der Waals surface area contributed by atoms with Crippen LogP contribution < -0.4 is 11.0 Å². The van der Waals surface area contributed by atoms with Gasteiger partial charge in [0, 0.05) is 37.5 Å². The van der Waals surface area contributed by atoms with Crippen molar-refractivity contribution in [1.82, 2.24) is 14.1 Å². The summed E-state index contributed by atoms with van der Waals surface area (Å²) in [6, 6.07) is 8.63.